The molecule has 2 rings (SSSR count). The second-order valence-corrected chi connectivity index (χ2v) is 3.95. The van der Waals surface area contributed by atoms with Crippen LogP contribution < -0.4 is 21.7 Å². The molecular weight excluding hydrogens is 204 g/mol. The molecule has 5 nitrogen and oxygen atoms in total. The summed E-state index contributed by atoms with van der Waals surface area (Å²) >= 11 is 0. The third kappa shape index (κ3) is 2.25. The zero-order valence-corrected chi connectivity index (χ0v) is 9.02. The molecule has 16 heavy (non-hydrogen) atoms. The van der Waals surface area contributed by atoms with Crippen LogP contribution in [0.5, 0.6) is 0 Å². The monoisotopic (exact) mass is 220 g/mol. The highest BCUT2D eigenvalue weighted by Crippen LogP contribution is 2.18. The van der Waals surface area contributed by atoms with Gasteiger partial charge in [-0.15, -0.1) is 0 Å². The topological polar surface area (TPSA) is 84.4 Å². The van der Waals surface area contributed by atoms with Gasteiger partial charge in [-0.05, 0) is 18.2 Å². The van der Waals surface area contributed by atoms with Crippen LogP contribution in [0.1, 0.15) is 0 Å². The smallest absolute Gasteiger partial charge is 0.236 e. The van der Waals surface area contributed by atoms with Gasteiger partial charge in [-0.3, -0.25) is 4.79 Å². The number of hydrogen-bond donors (Lipinski definition) is 3. The Morgan fingerprint density at radius 3 is 3.00 bits per heavy atom. The van der Waals surface area contributed by atoms with Crippen LogP contribution in [0, 0.1) is 0 Å². The number of nitrogens with two attached hydrogens (primary N) is 2. The van der Waals surface area contributed by atoms with Gasteiger partial charge in [-0.2, -0.15) is 0 Å². The minimum absolute atomic E-state index is 0.282. The zero-order valence-electron chi connectivity index (χ0n) is 9.02. The van der Waals surface area contributed by atoms with Crippen molar-refractivity contribution >= 4 is 17.3 Å². The van der Waals surface area contributed by atoms with Crippen molar-refractivity contribution in [3.63, 3.8) is 0 Å². The van der Waals surface area contributed by atoms with Crippen molar-refractivity contribution in [2.24, 2.45) is 5.73 Å². The Kier molecular flexibility index (Phi) is 2.96. The molecular formula is C11H16N4O. The molecule has 0 bridgehead atoms. The van der Waals surface area contributed by atoms with Gasteiger partial charge in [-0.25, -0.2) is 0 Å². The van der Waals surface area contributed by atoms with Crippen molar-refractivity contribution in [2.75, 3.05) is 30.3 Å². The molecule has 0 saturated carbocycles. The lowest BCUT2D eigenvalue weighted by molar-refractivity contribution is -0.120. The molecule has 5 heteroatoms. The molecule has 0 aromatic heterocycles. The van der Waals surface area contributed by atoms with Gasteiger partial charge in [0.05, 0.1) is 0 Å². The Morgan fingerprint density at radius 1 is 1.50 bits per heavy atom. The third-order valence-corrected chi connectivity index (χ3v) is 2.75. The molecule has 1 heterocycles. The summed E-state index contributed by atoms with van der Waals surface area (Å²) in [4.78, 5) is 13.2. The Labute approximate surface area is 94.4 Å². The van der Waals surface area contributed by atoms with Crippen molar-refractivity contribution < 1.29 is 4.79 Å². The van der Waals surface area contributed by atoms with Gasteiger partial charge >= 0.3 is 0 Å². The molecule has 1 aromatic rings. The van der Waals surface area contributed by atoms with Crippen molar-refractivity contribution in [2.45, 2.75) is 6.04 Å². The minimum atomic E-state index is -0.311. The van der Waals surface area contributed by atoms with Crippen LogP contribution in [-0.2, 0) is 4.79 Å². The number of nitrogen functional groups attached to an aromatic ring is 1. The molecule has 0 aliphatic carbocycles. The zero-order chi connectivity index (χ0) is 11.5. The normalized spacial score (nSPS) is 20.8. The lowest BCUT2D eigenvalue weighted by atomic mass is 10.1. The lowest BCUT2D eigenvalue weighted by Crippen LogP contribution is -2.56. The van der Waals surface area contributed by atoms with Crippen LogP contribution in [0.4, 0.5) is 11.4 Å². The van der Waals surface area contributed by atoms with Gasteiger partial charge in [0.15, 0.2) is 0 Å². The Hall–Kier alpha value is -1.75. The van der Waals surface area contributed by atoms with Gasteiger partial charge in [0, 0.05) is 31.0 Å². The summed E-state index contributed by atoms with van der Waals surface area (Å²) in [6, 6.07) is 7.36. The van der Waals surface area contributed by atoms with Crippen molar-refractivity contribution in [1.29, 1.82) is 0 Å². The molecule has 1 aromatic carbocycles. The van der Waals surface area contributed by atoms with Crippen LogP contribution in [-0.4, -0.2) is 31.6 Å². The van der Waals surface area contributed by atoms with E-state index in [0.717, 1.165) is 24.5 Å². The van der Waals surface area contributed by atoms with Crippen molar-refractivity contribution in [3.8, 4) is 0 Å². The first-order valence-corrected chi connectivity index (χ1v) is 5.30. The molecule has 1 saturated heterocycles. The summed E-state index contributed by atoms with van der Waals surface area (Å²) in [5, 5.41) is 3.09. The number of carbonyl (C=O) groups excluding carboxylic acids is 1. The average molecular weight is 220 g/mol. The second kappa shape index (κ2) is 4.40. The minimum Gasteiger partial charge on any atom is -0.399 e. The maximum atomic E-state index is 11.1. The van der Waals surface area contributed by atoms with Crippen molar-refractivity contribution in [1.82, 2.24) is 5.32 Å². The number of anilines is 2. The van der Waals surface area contributed by atoms with Crippen LogP contribution in [0.25, 0.3) is 0 Å². The Bertz CT molecular complexity index is 393. The standard InChI is InChI=1S/C11H16N4O/c12-8-2-1-3-9(6-8)15-5-4-14-10(7-15)11(13)16/h1-3,6,10,14H,4-5,7,12H2,(H2,13,16). The number of piperazine rings is 1. The first-order chi connectivity index (χ1) is 7.66. The molecule has 0 spiro atoms. The highest BCUT2D eigenvalue weighted by atomic mass is 16.1. The summed E-state index contributed by atoms with van der Waals surface area (Å²) in [6.45, 7) is 2.20. The third-order valence-electron chi connectivity index (χ3n) is 2.75. The van der Waals surface area contributed by atoms with Gasteiger partial charge in [0.1, 0.15) is 6.04 Å². The molecule has 5 N–H and O–H groups in total. The maximum Gasteiger partial charge on any atom is 0.236 e. The first kappa shape index (κ1) is 10.8. The second-order valence-electron chi connectivity index (χ2n) is 3.95. The van der Waals surface area contributed by atoms with Gasteiger partial charge in [-0.1, -0.05) is 6.07 Å². The largest absolute Gasteiger partial charge is 0.399 e. The van der Waals surface area contributed by atoms with Gasteiger partial charge in [0.25, 0.3) is 0 Å². The summed E-state index contributed by atoms with van der Waals surface area (Å²) in [5.74, 6) is -0.311. The summed E-state index contributed by atoms with van der Waals surface area (Å²) in [6.07, 6.45) is 0. The van der Waals surface area contributed by atoms with Crippen LogP contribution >= 0.6 is 0 Å². The van der Waals surface area contributed by atoms with Crippen LogP contribution in [0.3, 0.4) is 0 Å². The predicted octanol–water partition coefficient (Wildman–Crippen LogP) is -0.468. The molecule has 0 radical (unpaired) electrons. The highest BCUT2D eigenvalue weighted by Gasteiger charge is 2.23. The number of nitrogens with one attached hydrogen (secondary N) is 1. The average Bonchev–Trinajstić information content (AvgIpc) is 2.29. The van der Waals surface area contributed by atoms with E-state index in [2.05, 4.69) is 10.2 Å². The van der Waals surface area contributed by atoms with E-state index in [0.29, 0.717) is 6.54 Å². The summed E-state index contributed by atoms with van der Waals surface area (Å²) in [5.41, 5.74) is 12.8. The number of hydrogen-bond acceptors (Lipinski definition) is 4. The Morgan fingerprint density at radius 2 is 2.31 bits per heavy atom. The fraction of sp³-hybridized carbons (Fsp3) is 0.364. The molecule has 1 aliphatic rings. The van der Waals surface area contributed by atoms with E-state index in [1.165, 1.54) is 0 Å². The molecule has 1 aliphatic heterocycles. The number of rotatable bonds is 2. The maximum absolute atomic E-state index is 11.1. The fourth-order valence-electron chi connectivity index (χ4n) is 1.90. The van der Waals surface area contributed by atoms with Crippen molar-refractivity contribution in [3.05, 3.63) is 24.3 Å². The number of primary amides is 1. The quantitative estimate of drug-likeness (QED) is 0.588. The van der Waals surface area contributed by atoms with E-state index >= 15 is 0 Å². The van der Waals surface area contributed by atoms with E-state index in [4.69, 9.17) is 11.5 Å². The molecule has 86 valence electrons. The van der Waals surface area contributed by atoms with Gasteiger partial charge in [0.2, 0.25) is 5.91 Å². The summed E-state index contributed by atoms with van der Waals surface area (Å²) in [7, 11) is 0. The fourth-order valence-corrected chi connectivity index (χ4v) is 1.90. The molecule has 1 atom stereocenters. The highest BCUT2D eigenvalue weighted by molar-refractivity contribution is 5.81. The molecule has 1 unspecified atom stereocenters. The first-order valence-electron chi connectivity index (χ1n) is 5.30. The van der Waals surface area contributed by atoms with E-state index < -0.39 is 0 Å². The number of amides is 1. The van der Waals surface area contributed by atoms with Crippen LogP contribution in [0.2, 0.25) is 0 Å². The van der Waals surface area contributed by atoms with E-state index in [1.54, 1.807) is 0 Å². The predicted molar refractivity (Wildman–Crippen MR) is 64.1 cm³/mol. The Balaban J connectivity index is 2.12. The number of benzene rings is 1. The molecule has 1 fully saturated rings. The van der Waals surface area contributed by atoms with Crippen LogP contribution in [0.15, 0.2) is 24.3 Å². The van der Waals surface area contributed by atoms with Gasteiger partial charge < -0.3 is 21.7 Å². The van der Waals surface area contributed by atoms with E-state index in [9.17, 15) is 4.79 Å². The number of carbonyl (C=O) groups is 1. The lowest BCUT2D eigenvalue weighted by Gasteiger charge is -2.33. The molecule has 1 amide bonds. The van der Waals surface area contributed by atoms with E-state index in [-0.39, 0.29) is 11.9 Å². The summed E-state index contributed by atoms with van der Waals surface area (Å²) < 4.78 is 0. The number of nitrogens with zero attached hydrogens (tertiary/aromatic N) is 1. The van der Waals surface area contributed by atoms with E-state index in [1.807, 2.05) is 24.3 Å². The SMILES string of the molecule is NC(=O)C1CN(c2cccc(N)c2)CCN1.